The quantitative estimate of drug-likeness (QED) is 0.872. The molecule has 20 heavy (non-hydrogen) atoms. The molecule has 0 aliphatic heterocycles. The average Bonchev–Trinajstić information content (AvgIpc) is 3.09. The number of aromatic nitrogens is 2. The number of methoxy groups -OCH3 is 1. The SMILES string of the molecule is COC(=O)C(c1nc2c(C)cccc2[nH]1)C1CCCC1. The van der Waals surface area contributed by atoms with Crippen molar-refractivity contribution in [2.45, 2.75) is 38.5 Å². The first-order valence-corrected chi connectivity index (χ1v) is 7.23. The molecule has 0 saturated heterocycles. The highest BCUT2D eigenvalue weighted by Crippen LogP contribution is 2.37. The number of nitrogens with zero attached hydrogens (tertiary/aromatic N) is 1. The topological polar surface area (TPSA) is 55.0 Å². The van der Waals surface area contributed by atoms with Crippen LogP contribution >= 0.6 is 0 Å². The number of fused-ring (bicyclic) bond motifs is 1. The Balaban J connectivity index is 2.04. The molecule has 1 aromatic heterocycles. The third-order valence-electron chi connectivity index (χ3n) is 4.35. The van der Waals surface area contributed by atoms with Gasteiger partial charge in [0.15, 0.2) is 0 Å². The summed E-state index contributed by atoms with van der Waals surface area (Å²) in [4.78, 5) is 20.2. The van der Waals surface area contributed by atoms with Gasteiger partial charge < -0.3 is 9.72 Å². The van der Waals surface area contributed by atoms with Crippen LogP contribution in [0, 0.1) is 12.8 Å². The van der Waals surface area contributed by atoms with E-state index in [1.807, 2.05) is 25.1 Å². The van der Waals surface area contributed by atoms with Crippen molar-refractivity contribution in [1.29, 1.82) is 0 Å². The third-order valence-corrected chi connectivity index (χ3v) is 4.35. The van der Waals surface area contributed by atoms with Crippen LogP contribution in [0.15, 0.2) is 18.2 Å². The molecule has 1 saturated carbocycles. The molecule has 0 bridgehead atoms. The van der Waals surface area contributed by atoms with E-state index in [2.05, 4.69) is 9.97 Å². The number of benzene rings is 1. The first-order valence-electron chi connectivity index (χ1n) is 7.23. The van der Waals surface area contributed by atoms with Gasteiger partial charge in [-0.2, -0.15) is 0 Å². The second-order valence-electron chi connectivity index (χ2n) is 5.64. The lowest BCUT2D eigenvalue weighted by Crippen LogP contribution is -2.22. The normalized spacial score (nSPS) is 17.5. The van der Waals surface area contributed by atoms with Crippen LogP contribution in [-0.2, 0) is 9.53 Å². The van der Waals surface area contributed by atoms with Gasteiger partial charge >= 0.3 is 5.97 Å². The molecule has 1 unspecified atom stereocenters. The van der Waals surface area contributed by atoms with Crippen molar-refractivity contribution in [2.24, 2.45) is 5.92 Å². The van der Waals surface area contributed by atoms with Crippen LogP contribution in [-0.4, -0.2) is 23.0 Å². The van der Waals surface area contributed by atoms with Gasteiger partial charge in [-0.05, 0) is 37.3 Å². The Morgan fingerprint density at radius 1 is 1.40 bits per heavy atom. The fourth-order valence-corrected chi connectivity index (χ4v) is 3.29. The monoisotopic (exact) mass is 272 g/mol. The van der Waals surface area contributed by atoms with Gasteiger partial charge in [0, 0.05) is 0 Å². The van der Waals surface area contributed by atoms with Crippen LogP contribution in [0.2, 0.25) is 0 Å². The highest BCUT2D eigenvalue weighted by atomic mass is 16.5. The number of esters is 1. The molecule has 1 aliphatic carbocycles. The molecule has 1 atom stereocenters. The largest absolute Gasteiger partial charge is 0.468 e. The van der Waals surface area contributed by atoms with Gasteiger partial charge in [0.05, 0.1) is 18.1 Å². The molecule has 2 aromatic rings. The van der Waals surface area contributed by atoms with E-state index in [9.17, 15) is 4.79 Å². The summed E-state index contributed by atoms with van der Waals surface area (Å²) < 4.78 is 5.01. The number of hydrogen-bond donors (Lipinski definition) is 1. The average molecular weight is 272 g/mol. The Hall–Kier alpha value is -1.84. The molecule has 3 rings (SSSR count). The zero-order valence-electron chi connectivity index (χ0n) is 12.0. The predicted molar refractivity (Wildman–Crippen MR) is 77.5 cm³/mol. The Bertz CT molecular complexity index is 626. The number of ether oxygens (including phenoxy) is 1. The van der Waals surface area contributed by atoms with Gasteiger partial charge in [0.1, 0.15) is 11.7 Å². The van der Waals surface area contributed by atoms with Crippen molar-refractivity contribution in [3.63, 3.8) is 0 Å². The smallest absolute Gasteiger partial charge is 0.316 e. The number of hydrogen-bond acceptors (Lipinski definition) is 3. The Morgan fingerprint density at radius 2 is 2.15 bits per heavy atom. The van der Waals surface area contributed by atoms with Crippen LogP contribution in [0.3, 0.4) is 0 Å². The minimum Gasteiger partial charge on any atom is -0.468 e. The van der Waals surface area contributed by atoms with Crippen molar-refractivity contribution >= 4 is 17.0 Å². The summed E-state index contributed by atoms with van der Waals surface area (Å²) in [5.41, 5.74) is 3.07. The van der Waals surface area contributed by atoms with Gasteiger partial charge in [-0.3, -0.25) is 4.79 Å². The minimum atomic E-state index is -0.255. The van der Waals surface area contributed by atoms with E-state index in [1.165, 1.54) is 20.0 Å². The summed E-state index contributed by atoms with van der Waals surface area (Å²) in [7, 11) is 1.46. The number of rotatable bonds is 3. The number of H-pyrrole nitrogens is 1. The number of para-hydroxylation sites is 1. The van der Waals surface area contributed by atoms with Gasteiger partial charge in [0.2, 0.25) is 0 Å². The summed E-state index contributed by atoms with van der Waals surface area (Å²) in [6, 6.07) is 6.04. The van der Waals surface area contributed by atoms with Crippen molar-refractivity contribution in [3.8, 4) is 0 Å². The first-order chi connectivity index (χ1) is 9.70. The zero-order chi connectivity index (χ0) is 14.1. The molecule has 1 aliphatic rings. The summed E-state index contributed by atoms with van der Waals surface area (Å²) in [6.45, 7) is 2.04. The second-order valence-corrected chi connectivity index (χ2v) is 5.64. The zero-order valence-corrected chi connectivity index (χ0v) is 12.0. The fraction of sp³-hybridized carbons (Fsp3) is 0.500. The number of carbonyl (C=O) groups is 1. The van der Waals surface area contributed by atoms with E-state index in [1.54, 1.807) is 0 Å². The third kappa shape index (κ3) is 2.19. The van der Waals surface area contributed by atoms with E-state index in [0.29, 0.717) is 5.92 Å². The maximum Gasteiger partial charge on any atom is 0.316 e. The molecule has 1 fully saturated rings. The maximum atomic E-state index is 12.2. The summed E-state index contributed by atoms with van der Waals surface area (Å²) in [6.07, 6.45) is 4.54. The van der Waals surface area contributed by atoms with E-state index in [4.69, 9.17) is 4.74 Å². The van der Waals surface area contributed by atoms with E-state index < -0.39 is 0 Å². The molecular formula is C16H20N2O2. The molecule has 0 radical (unpaired) electrons. The lowest BCUT2D eigenvalue weighted by atomic mass is 9.90. The van der Waals surface area contributed by atoms with Crippen molar-refractivity contribution in [1.82, 2.24) is 9.97 Å². The van der Waals surface area contributed by atoms with Crippen LogP contribution in [0.25, 0.3) is 11.0 Å². The van der Waals surface area contributed by atoms with Gasteiger partial charge in [-0.15, -0.1) is 0 Å². The van der Waals surface area contributed by atoms with Crippen molar-refractivity contribution < 1.29 is 9.53 Å². The minimum absolute atomic E-state index is 0.173. The fourth-order valence-electron chi connectivity index (χ4n) is 3.29. The number of nitrogens with one attached hydrogen (secondary N) is 1. The number of aromatic amines is 1. The highest BCUT2D eigenvalue weighted by Gasteiger charge is 2.35. The number of imidazole rings is 1. The standard InChI is InChI=1S/C16H20N2O2/c1-10-6-5-9-12-14(10)18-15(17-12)13(16(19)20-2)11-7-3-4-8-11/h5-6,9,11,13H,3-4,7-8H2,1-2H3,(H,17,18). The van der Waals surface area contributed by atoms with E-state index >= 15 is 0 Å². The second kappa shape index (κ2) is 5.27. The van der Waals surface area contributed by atoms with Gasteiger partial charge in [0.25, 0.3) is 0 Å². The molecule has 1 aromatic carbocycles. The molecule has 1 N–H and O–H groups in total. The molecular weight excluding hydrogens is 252 g/mol. The Morgan fingerprint density at radius 3 is 2.80 bits per heavy atom. The van der Waals surface area contributed by atoms with Gasteiger partial charge in [-0.1, -0.05) is 25.0 Å². The summed E-state index contributed by atoms with van der Waals surface area (Å²) in [5.74, 6) is 0.680. The summed E-state index contributed by atoms with van der Waals surface area (Å²) >= 11 is 0. The molecule has 0 amide bonds. The van der Waals surface area contributed by atoms with Crippen LogP contribution in [0.5, 0.6) is 0 Å². The first kappa shape index (κ1) is 13.2. The highest BCUT2D eigenvalue weighted by molar-refractivity contribution is 5.82. The summed E-state index contributed by atoms with van der Waals surface area (Å²) in [5, 5.41) is 0. The lowest BCUT2D eigenvalue weighted by molar-refractivity contribution is -0.144. The molecule has 1 heterocycles. The predicted octanol–water partition coefficient (Wildman–Crippen LogP) is 3.32. The lowest BCUT2D eigenvalue weighted by Gasteiger charge is -2.18. The maximum absolute atomic E-state index is 12.2. The van der Waals surface area contributed by atoms with Crippen LogP contribution < -0.4 is 0 Å². The van der Waals surface area contributed by atoms with E-state index in [-0.39, 0.29) is 11.9 Å². The Kier molecular flexibility index (Phi) is 3.47. The van der Waals surface area contributed by atoms with Gasteiger partial charge in [-0.25, -0.2) is 4.98 Å². The van der Waals surface area contributed by atoms with Crippen LogP contribution in [0.1, 0.15) is 43.0 Å². The van der Waals surface area contributed by atoms with E-state index in [0.717, 1.165) is 35.3 Å². The molecule has 4 nitrogen and oxygen atoms in total. The van der Waals surface area contributed by atoms with Crippen LogP contribution in [0.4, 0.5) is 0 Å². The Labute approximate surface area is 118 Å². The van der Waals surface area contributed by atoms with Crippen molar-refractivity contribution in [3.05, 3.63) is 29.6 Å². The number of carbonyl (C=O) groups excluding carboxylic acids is 1. The molecule has 106 valence electrons. The molecule has 0 spiro atoms. The molecule has 4 heteroatoms. The number of aryl methyl sites for hydroxylation is 1. The van der Waals surface area contributed by atoms with Crippen molar-refractivity contribution in [2.75, 3.05) is 7.11 Å².